The van der Waals surface area contributed by atoms with E-state index in [1.54, 1.807) is 0 Å². The van der Waals surface area contributed by atoms with Crippen molar-refractivity contribution in [2.45, 2.75) is 39.7 Å². The first-order valence-corrected chi connectivity index (χ1v) is 4.86. The standard InChI is InChI=1S/C10H19N3/c1-7(2)4-9-6-10(13-12-9)5-8(3)11/h6-8H,4-5,11H2,1-3H3,(H,12,13). The third-order valence-electron chi connectivity index (χ3n) is 1.84. The number of aromatic nitrogens is 2. The Morgan fingerprint density at radius 2 is 2.08 bits per heavy atom. The fraction of sp³-hybridized carbons (Fsp3) is 0.700. The summed E-state index contributed by atoms with van der Waals surface area (Å²) in [6.07, 6.45) is 1.92. The summed E-state index contributed by atoms with van der Waals surface area (Å²) in [7, 11) is 0. The summed E-state index contributed by atoms with van der Waals surface area (Å²) in [5.41, 5.74) is 7.97. The van der Waals surface area contributed by atoms with Gasteiger partial charge in [0.2, 0.25) is 0 Å². The van der Waals surface area contributed by atoms with E-state index in [0.717, 1.165) is 18.5 Å². The fourth-order valence-corrected chi connectivity index (χ4v) is 1.39. The van der Waals surface area contributed by atoms with Crippen molar-refractivity contribution in [3.05, 3.63) is 17.5 Å². The molecule has 1 rings (SSSR count). The average molecular weight is 181 g/mol. The van der Waals surface area contributed by atoms with Crippen molar-refractivity contribution in [3.8, 4) is 0 Å². The maximum atomic E-state index is 5.68. The highest BCUT2D eigenvalue weighted by molar-refractivity contribution is 5.10. The molecule has 1 aromatic rings. The van der Waals surface area contributed by atoms with E-state index >= 15 is 0 Å². The second kappa shape index (κ2) is 4.42. The first kappa shape index (κ1) is 10.3. The van der Waals surface area contributed by atoms with Gasteiger partial charge in [0.1, 0.15) is 0 Å². The van der Waals surface area contributed by atoms with Crippen LogP contribution in [0.1, 0.15) is 32.2 Å². The molecular weight excluding hydrogens is 162 g/mol. The maximum Gasteiger partial charge on any atom is 0.0640 e. The van der Waals surface area contributed by atoms with Crippen molar-refractivity contribution in [1.29, 1.82) is 0 Å². The van der Waals surface area contributed by atoms with Gasteiger partial charge < -0.3 is 5.73 Å². The second-order valence-electron chi connectivity index (χ2n) is 4.16. The SMILES string of the molecule is CC(C)Cc1cc(CC(C)N)n[nH]1. The summed E-state index contributed by atoms with van der Waals surface area (Å²) in [5.74, 6) is 0.670. The van der Waals surface area contributed by atoms with Gasteiger partial charge in [-0.1, -0.05) is 13.8 Å². The molecule has 1 atom stereocenters. The summed E-state index contributed by atoms with van der Waals surface area (Å²) in [6, 6.07) is 2.30. The molecule has 3 heteroatoms. The number of nitrogens with zero attached hydrogens (tertiary/aromatic N) is 1. The van der Waals surface area contributed by atoms with Crippen LogP contribution in [0.3, 0.4) is 0 Å². The van der Waals surface area contributed by atoms with Crippen LogP contribution in [0.15, 0.2) is 6.07 Å². The van der Waals surface area contributed by atoms with E-state index in [-0.39, 0.29) is 6.04 Å². The summed E-state index contributed by atoms with van der Waals surface area (Å²) in [6.45, 7) is 6.40. The Balaban J connectivity index is 2.53. The largest absolute Gasteiger partial charge is 0.328 e. The molecule has 74 valence electrons. The molecule has 1 aromatic heterocycles. The number of aromatic amines is 1. The monoisotopic (exact) mass is 181 g/mol. The number of nitrogens with one attached hydrogen (secondary N) is 1. The van der Waals surface area contributed by atoms with Gasteiger partial charge in [-0.15, -0.1) is 0 Å². The quantitative estimate of drug-likeness (QED) is 0.739. The Kier molecular flexibility index (Phi) is 3.48. The van der Waals surface area contributed by atoms with Crippen LogP contribution >= 0.6 is 0 Å². The zero-order valence-electron chi connectivity index (χ0n) is 8.67. The molecule has 3 nitrogen and oxygen atoms in total. The van der Waals surface area contributed by atoms with Crippen molar-refractivity contribution in [2.75, 3.05) is 0 Å². The number of nitrogens with two attached hydrogens (primary N) is 1. The van der Waals surface area contributed by atoms with Crippen LogP contribution in [-0.4, -0.2) is 16.2 Å². The van der Waals surface area contributed by atoms with Crippen molar-refractivity contribution in [1.82, 2.24) is 10.2 Å². The van der Waals surface area contributed by atoms with Crippen LogP contribution in [0, 0.1) is 5.92 Å². The van der Waals surface area contributed by atoms with E-state index in [1.807, 2.05) is 6.92 Å². The van der Waals surface area contributed by atoms with Gasteiger partial charge in [0, 0.05) is 18.2 Å². The molecule has 0 bridgehead atoms. The molecule has 1 heterocycles. The Morgan fingerprint density at radius 3 is 2.62 bits per heavy atom. The van der Waals surface area contributed by atoms with Crippen molar-refractivity contribution >= 4 is 0 Å². The Morgan fingerprint density at radius 1 is 1.38 bits per heavy atom. The molecule has 13 heavy (non-hydrogen) atoms. The molecule has 0 fully saturated rings. The lowest BCUT2D eigenvalue weighted by atomic mass is 10.1. The van der Waals surface area contributed by atoms with Gasteiger partial charge in [0.25, 0.3) is 0 Å². The Hall–Kier alpha value is -0.830. The van der Waals surface area contributed by atoms with E-state index in [9.17, 15) is 0 Å². The van der Waals surface area contributed by atoms with Gasteiger partial charge >= 0.3 is 0 Å². The molecule has 0 aliphatic rings. The summed E-state index contributed by atoms with van der Waals surface area (Å²) in [5, 5.41) is 7.24. The van der Waals surface area contributed by atoms with Crippen LogP contribution in [0.2, 0.25) is 0 Å². The van der Waals surface area contributed by atoms with E-state index in [2.05, 4.69) is 30.1 Å². The molecule has 0 radical (unpaired) electrons. The van der Waals surface area contributed by atoms with Gasteiger partial charge in [-0.05, 0) is 25.3 Å². The number of rotatable bonds is 4. The zero-order chi connectivity index (χ0) is 9.84. The molecule has 0 saturated heterocycles. The van der Waals surface area contributed by atoms with Crippen molar-refractivity contribution in [3.63, 3.8) is 0 Å². The van der Waals surface area contributed by atoms with Gasteiger partial charge in [0.15, 0.2) is 0 Å². The minimum Gasteiger partial charge on any atom is -0.328 e. The molecule has 0 amide bonds. The van der Waals surface area contributed by atoms with Crippen molar-refractivity contribution < 1.29 is 0 Å². The number of hydrogen-bond acceptors (Lipinski definition) is 2. The predicted molar refractivity (Wildman–Crippen MR) is 54.5 cm³/mol. The predicted octanol–water partition coefficient (Wildman–Crippen LogP) is 1.50. The Bertz CT molecular complexity index is 226. The smallest absolute Gasteiger partial charge is 0.0640 e. The summed E-state index contributed by atoms with van der Waals surface area (Å²) >= 11 is 0. The Labute approximate surface area is 79.7 Å². The topological polar surface area (TPSA) is 54.7 Å². The number of H-pyrrole nitrogens is 1. The van der Waals surface area contributed by atoms with Gasteiger partial charge in [-0.3, -0.25) is 5.10 Å². The number of hydrogen-bond donors (Lipinski definition) is 2. The highest BCUT2D eigenvalue weighted by Crippen LogP contribution is 2.07. The van der Waals surface area contributed by atoms with E-state index in [1.165, 1.54) is 5.69 Å². The molecular formula is C10H19N3. The third kappa shape index (κ3) is 3.59. The third-order valence-corrected chi connectivity index (χ3v) is 1.84. The van der Waals surface area contributed by atoms with Gasteiger partial charge in [-0.2, -0.15) is 5.10 Å². The summed E-state index contributed by atoms with van der Waals surface area (Å²) < 4.78 is 0. The molecule has 0 aromatic carbocycles. The van der Waals surface area contributed by atoms with E-state index in [4.69, 9.17) is 5.73 Å². The lowest BCUT2D eigenvalue weighted by Gasteiger charge is -2.00. The van der Waals surface area contributed by atoms with Crippen LogP contribution < -0.4 is 5.73 Å². The fourth-order valence-electron chi connectivity index (χ4n) is 1.39. The first-order chi connectivity index (χ1) is 6.08. The van der Waals surface area contributed by atoms with Gasteiger partial charge in [-0.25, -0.2) is 0 Å². The van der Waals surface area contributed by atoms with Gasteiger partial charge in [0.05, 0.1) is 5.69 Å². The lowest BCUT2D eigenvalue weighted by molar-refractivity contribution is 0.633. The highest BCUT2D eigenvalue weighted by Gasteiger charge is 2.04. The molecule has 0 aliphatic carbocycles. The molecule has 0 spiro atoms. The maximum absolute atomic E-state index is 5.68. The molecule has 1 unspecified atom stereocenters. The van der Waals surface area contributed by atoms with Crippen LogP contribution in [-0.2, 0) is 12.8 Å². The molecule has 0 saturated carbocycles. The molecule has 0 aliphatic heterocycles. The van der Waals surface area contributed by atoms with E-state index < -0.39 is 0 Å². The van der Waals surface area contributed by atoms with Crippen LogP contribution in [0.5, 0.6) is 0 Å². The first-order valence-electron chi connectivity index (χ1n) is 4.86. The molecule has 3 N–H and O–H groups in total. The van der Waals surface area contributed by atoms with E-state index in [0.29, 0.717) is 5.92 Å². The van der Waals surface area contributed by atoms with Crippen LogP contribution in [0.4, 0.5) is 0 Å². The summed E-state index contributed by atoms with van der Waals surface area (Å²) in [4.78, 5) is 0. The minimum absolute atomic E-state index is 0.190. The average Bonchev–Trinajstić information content (AvgIpc) is 2.33. The highest BCUT2D eigenvalue weighted by atomic mass is 15.1. The zero-order valence-corrected chi connectivity index (χ0v) is 8.67. The minimum atomic E-state index is 0.190. The van der Waals surface area contributed by atoms with Crippen LogP contribution in [0.25, 0.3) is 0 Å². The lowest BCUT2D eigenvalue weighted by Crippen LogP contribution is -2.17. The van der Waals surface area contributed by atoms with Crippen molar-refractivity contribution in [2.24, 2.45) is 11.7 Å². The second-order valence-corrected chi connectivity index (χ2v) is 4.16. The normalized spacial score (nSPS) is 13.6.